The fraction of sp³-hybridized carbons (Fsp3) is 0.481. The molecule has 0 unspecified atom stereocenters. The minimum Gasteiger partial charge on any atom is -0.381 e. The molecule has 1 aromatic carbocycles. The average molecular weight is 504 g/mol. The van der Waals surface area contributed by atoms with Gasteiger partial charge in [0.05, 0.1) is 40.7 Å². The van der Waals surface area contributed by atoms with Gasteiger partial charge in [-0.2, -0.15) is 5.10 Å². The van der Waals surface area contributed by atoms with E-state index in [1.807, 2.05) is 52.8 Å². The summed E-state index contributed by atoms with van der Waals surface area (Å²) < 4.78 is 9.47. The van der Waals surface area contributed by atoms with Crippen LogP contribution in [0.4, 0.5) is 0 Å². The van der Waals surface area contributed by atoms with E-state index in [0.29, 0.717) is 37.3 Å². The van der Waals surface area contributed by atoms with Crippen LogP contribution in [0.2, 0.25) is 0 Å². The van der Waals surface area contributed by atoms with E-state index in [4.69, 9.17) is 4.74 Å². The SMILES string of the molecule is Cc1cc2[nH]c(=O)c3cnn(C4CCOCC4)c3c2cc1C(=O)N1CCN(Cc2cn(C)cn2)[C@@H](C)C1. The quantitative estimate of drug-likeness (QED) is 0.460. The maximum absolute atomic E-state index is 13.8. The number of nitrogens with one attached hydrogen (secondary N) is 1. The minimum absolute atomic E-state index is 0.0280. The van der Waals surface area contributed by atoms with Crippen molar-refractivity contribution < 1.29 is 9.53 Å². The minimum atomic E-state index is -0.155. The van der Waals surface area contributed by atoms with Gasteiger partial charge in [-0.3, -0.25) is 19.2 Å². The van der Waals surface area contributed by atoms with Gasteiger partial charge in [0.2, 0.25) is 0 Å². The summed E-state index contributed by atoms with van der Waals surface area (Å²) >= 11 is 0. The summed E-state index contributed by atoms with van der Waals surface area (Å²) in [5.41, 5.74) is 3.94. The summed E-state index contributed by atoms with van der Waals surface area (Å²) in [6, 6.07) is 4.27. The zero-order valence-electron chi connectivity index (χ0n) is 21.6. The lowest BCUT2D eigenvalue weighted by Crippen LogP contribution is -2.53. The Morgan fingerprint density at radius 2 is 2.00 bits per heavy atom. The molecule has 2 aliphatic heterocycles. The maximum Gasteiger partial charge on any atom is 0.259 e. The van der Waals surface area contributed by atoms with E-state index in [9.17, 15) is 9.59 Å². The van der Waals surface area contributed by atoms with Gasteiger partial charge in [0, 0.05) is 69.6 Å². The lowest BCUT2D eigenvalue weighted by molar-refractivity contribution is 0.0492. The Labute approximate surface area is 214 Å². The largest absolute Gasteiger partial charge is 0.381 e. The van der Waals surface area contributed by atoms with Crippen LogP contribution >= 0.6 is 0 Å². The van der Waals surface area contributed by atoms with Crippen LogP contribution in [0.25, 0.3) is 21.8 Å². The van der Waals surface area contributed by atoms with Crippen molar-refractivity contribution in [3.05, 3.63) is 58.0 Å². The third kappa shape index (κ3) is 4.34. The number of imidazole rings is 1. The predicted molar refractivity (Wildman–Crippen MR) is 141 cm³/mol. The first kappa shape index (κ1) is 23.9. The monoisotopic (exact) mass is 503 g/mol. The molecule has 5 heterocycles. The van der Waals surface area contributed by atoms with Gasteiger partial charge in [0.1, 0.15) is 0 Å². The number of amides is 1. The van der Waals surface area contributed by atoms with E-state index in [-0.39, 0.29) is 23.6 Å². The standard InChI is InChI=1S/C27H33N7O3/c1-17-10-24-22(25-23(26(35)30-24)12-29-34(25)20-4-8-37-9-5-20)11-21(17)27(36)33-7-6-32(18(2)13-33)15-19-14-31(3)16-28-19/h10-12,14,16,18,20H,4-9,13,15H2,1-3H3,(H,30,35)/t18-/m0/s1. The van der Waals surface area contributed by atoms with Gasteiger partial charge in [0.15, 0.2) is 0 Å². The molecule has 0 aliphatic carbocycles. The molecule has 0 bridgehead atoms. The molecular weight excluding hydrogens is 470 g/mol. The number of carbonyl (C=O) groups is 1. The van der Waals surface area contributed by atoms with Crippen LogP contribution in [-0.2, 0) is 18.3 Å². The van der Waals surface area contributed by atoms with Crippen molar-refractivity contribution in [1.82, 2.24) is 34.1 Å². The number of rotatable bonds is 4. The van der Waals surface area contributed by atoms with E-state index in [0.717, 1.165) is 53.6 Å². The molecule has 10 heteroatoms. The van der Waals surface area contributed by atoms with Gasteiger partial charge in [-0.25, -0.2) is 4.98 Å². The van der Waals surface area contributed by atoms with Gasteiger partial charge in [-0.1, -0.05) is 0 Å². The number of ether oxygens (including phenoxy) is 1. The highest BCUT2D eigenvalue weighted by Crippen LogP contribution is 2.30. The summed E-state index contributed by atoms with van der Waals surface area (Å²) in [7, 11) is 1.97. The van der Waals surface area contributed by atoms with Crippen molar-refractivity contribution in [2.24, 2.45) is 7.05 Å². The maximum atomic E-state index is 13.8. The summed E-state index contributed by atoms with van der Waals surface area (Å²) in [5.74, 6) is 0.0280. The van der Waals surface area contributed by atoms with Crippen molar-refractivity contribution in [2.75, 3.05) is 32.8 Å². The van der Waals surface area contributed by atoms with Gasteiger partial charge in [-0.15, -0.1) is 0 Å². The Balaban J connectivity index is 1.32. The molecule has 0 spiro atoms. The van der Waals surface area contributed by atoms with Crippen LogP contribution in [0.15, 0.2) is 35.6 Å². The van der Waals surface area contributed by atoms with Crippen molar-refractivity contribution >= 4 is 27.7 Å². The van der Waals surface area contributed by atoms with Crippen molar-refractivity contribution in [2.45, 2.75) is 45.3 Å². The molecule has 6 rings (SSSR count). The third-order valence-corrected chi connectivity index (χ3v) is 7.85. The van der Waals surface area contributed by atoms with Crippen LogP contribution in [0.3, 0.4) is 0 Å². The summed E-state index contributed by atoms with van der Waals surface area (Å²) in [5, 5.41) is 6.01. The lowest BCUT2D eigenvalue weighted by atomic mass is 10.0. The Morgan fingerprint density at radius 1 is 1.19 bits per heavy atom. The number of hydrogen-bond donors (Lipinski definition) is 1. The molecule has 194 valence electrons. The molecule has 1 amide bonds. The first-order valence-electron chi connectivity index (χ1n) is 13.0. The molecule has 2 aliphatic rings. The Morgan fingerprint density at radius 3 is 2.73 bits per heavy atom. The number of pyridine rings is 1. The second-order valence-corrected chi connectivity index (χ2v) is 10.5. The summed E-state index contributed by atoms with van der Waals surface area (Å²) in [4.78, 5) is 38.4. The Kier molecular flexibility index (Phi) is 6.08. The number of piperazine rings is 1. The fourth-order valence-electron chi connectivity index (χ4n) is 5.77. The summed E-state index contributed by atoms with van der Waals surface area (Å²) in [6.07, 6.45) is 7.21. The first-order valence-corrected chi connectivity index (χ1v) is 13.0. The number of nitrogens with zero attached hydrogens (tertiary/aromatic N) is 6. The predicted octanol–water partition coefficient (Wildman–Crippen LogP) is 2.62. The van der Waals surface area contributed by atoms with Gasteiger partial charge < -0.3 is 19.2 Å². The van der Waals surface area contributed by atoms with Gasteiger partial charge >= 0.3 is 0 Å². The van der Waals surface area contributed by atoms with Crippen LogP contribution in [-0.4, -0.2) is 78.9 Å². The number of carbonyl (C=O) groups excluding carboxylic acids is 1. The smallest absolute Gasteiger partial charge is 0.259 e. The van der Waals surface area contributed by atoms with Crippen molar-refractivity contribution in [1.29, 1.82) is 0 Å². The Bertz CT molecular complexity index is 1530. The van der Waals surface area contributed by atoms with Crippen LogP contribution in [0.5, 0.6) is 0 Å². The molecule has 10 nitrogen and oxygen atoms in total. The molecule has 37 heavy (non-hydrogen) atoms. The highest BCUT2D eigenvalue weighted by Gasteiger charge is 2.29. The summed E-state index contributed by atoms with van der Waals surface area (Å²) in [6.45, 7) is 8.35. The number of aromatic amines is 1. The van der Waals surface area contributed by atoms with E-state index < -0.39 is 0 Å². The van der Waals surface area contributed by atoms with E-state index in [1.54, 1.807) is 6.20 Å². The molecule has 1 atom stereocenters. The first-order chi connectivity index (χ1) is 17.9. The number of benzene rings is 1. The molecule has 0 saturated carbocycles. The normalized spacial score (nSPS) is 19.8. The van der Waals surface area contributed by atoms with Crippen LogP contribution in [0.1, 0.15) is 47.4 Å². The molecule has 0 radical (unpaired) electrons. The molecule has 3 aromatic heterocycles. The topological polar surface area (TPSA) is 101 Å². The highest BCUT2D eigenvalue weighted by atomic mass is 16.5. The van der Waals surface area contributed by atoms with Crippen molar-refractivity contribution in [3.8, 4) is 0 Å². The lowest BCUT2D eigenvalue weighted by Gasteiger charge is -2.39. The number of aromatic nitrogens is 5. The van der Waals surface area contributed by atoms with E-state index in [1.165, 1.54) is 0 Å². The third-order valence-electron chi connectivity index (χ3n) is 7.85. The molecular formula is C27H33N7O3. The number of aryl methyl sites for hydroxylation is 2. The zero-order valence-corrected chi connectivity index (χ0v) is 21.6. The number of H-pyrrole nitrogens is 1. The second-order valence-electron chi connectivity index (χ2n) is 10.5. The van der Waals surface area contributed by atoms with Gasteiger partial charge in [0.25, 0.3) is 11.5 Å². The fourth-order valence-corrected chi connectivity index (χ4v) is 5.77. The second kappa shape index (κ2) is 9.42. The molecule has 1 N–H and O–H groups in total. The van der Waals surface area contributed by atoms with Crippen LogP contribution in [0, 0.1) is 6.92 Å². The zero-order chi connectivity index (χ0) is 25.7. The molecule has 2 saturated heterocycles. The van der Waals surface area contributed by atoms with E-state index >= 15 is 0 Å². The highest BCUT2D eigenvalue weighted by molar-refractivity contribution is 6.07. The van der Waals surface area contributed by atoms with Crippen molar-refractivity contribution in [3.63, 3.8) is 0 Å². The van der Waals surface area contributed by atoms with E-state index in [2.05, 4.69) is 26.9 Å². The number of hydrogen-bond acceptors (Lipinski definition) is 6. The van der Waals surface area contributed by atoms with Crippen LogP contribution < -0.4 is 5.56 Å². The molecule has 2 fully saturated rings. The Hall–Kier alpha value is -3.50. The molecule has 4 aromatic rings. The van der Waals surface area contributed by atoms with Gasteiger partial charge in [-0.05, 0) is 44.4 Å². The number of fused-ring (bicyclic) bond motifs is 3. The average Bonchev–Trinajstić information content (AvgIpc) is 3.52.